The average molecular weight is 410 g/mol. The first-order chi connectivity index (χ1) is 14.7. The summed E-state index contributed by atoms with van der Waals surface area (Å²) in [6.07, 6.45) is 5.63. The van der Waals surface area contributed by atoms with E-state index in [9.17, 15) is 4.79 Å². The van der Waals surface area contributed by atoms with Crippen LogP contribution in [0.15, 0.2) is 35.0 Å². The molecule has 0 aliphatic carbocycles. The minimum atomic E-state index is 0.135. The van der Waals surface area contributed by atoms with E-state index in [1.54, 1.807) is 7.11 Å². The molecule has 0 spiro atoms. The van der Waals surface area contributed by atoms with Gasteiger partial charge in [0, 0.05) is 19.5 Å². The number of piperidine rings is 1. The normalized spacial score (nSPS) is 14.8. The fourth-order valence-electron chi connectivity index (χ4n) is 3.68. The maximum absolute atomic E-state index is 12.7. The van der Waals surface area contributed by atoms with Crippen LogP contribution >= 0.6 is 0 Å². The third-order valence-corrected chi connectivity index (χ3v) is 5.35. The second-order valence-electron chi connectivity index (χ2n) is 7.49. The number of likely N-dealkylation sites (tertiary alicyclic amines) is 1. The summed E-state index contributed by atoms with van der Waals surface area (Å²) in [5, 5.41) is 12.4. The largest absolute Gasteiger partial charge is 0.497 e. The van der Waals surface area contributed by atoms with Crippen molar-refractivity contribution >= 4 is 5.91 Å². The smallest absolute Gasteiger partial charge is 0.280 e. The van der Waals surface area contributed by atoms with Gasteiger partial charge in [-0.05, 0) is 37.0 Å². The topological polar surface area (TPSA) is 99.2 Å². The van der Waals surface area contributed by atoms with Gasteiger partial charge in [0.15, 0.2) is 11.5 Å². The molecule has 0 unspecified atom stereocenters. The van der Waals surface area contributed by atoms with Gasteiger partial charge in [-0.15, -0.1) is 5.10 Å². The molecule has 158 valence electrons. The van der Waals surface area contributed by atoms with Gasteiger partial charge >= 0.3 is 0 Å². The molecule has 2 aromatic heterocycles. The Morgan fingerprint density at radius 3 is 2.90 bits per heavy atom. The molecule has 3 heterocycles. The van der Waals surface area contributed by atoms with Gasteiger partial charge in [0.25, 0.3) is 5.89 Å². The van der Waals surface area contributed by atoms with Crippen molar-refractivity contribution in [3.8, 4) is 17.3 Å². The van der Waals surface area contributed by atoms with Gasteiger partial charge in [0.2, 0.25) is 5.91 Å². The van der Waals surface area contributed by atoms with Crippen molar-refractivity contribution in [1.82, 2.24) is 30.0 Å². The summed E-state index contributed by atoms with van der Waals surface area (Å²) in [7, 11) is 1.63. The van der Waals surface area contributed by atoms with Crippen molar-refractivity contribution in [2.45, 2.75) is 45.1 Å². The van der Waals surface area contributed by atoms with Crippen LogP contribution in [0.5, 0.6) is 5.75 Å². The molecule has 4 rings (SSSR count). The molecular weight excluding hydrogens is 384 g/mol. The number of carbonyl (C=O) groups excluding carboxylic acids is 1. The van der Waals surface area contributed by atoms with Gasteiger partial charge < -0.3 is 14.2 Å². The molecule has 0 radical (unpaired) electrons. The van der Waals surface area contributed by atoms with Gasteiger partial charge in [0.1, 0.15) is 5.75 Å². The summed E-state index contributed by atoms with van der Waals surface area (Å²) >= 11 is 0. The summed E-state index contributed by atoms with van der Waals surface area (Å²) in [6.45, 7) is 3.47. The predicted molar refractivity (Wildman–Crippen MR) is 109 cm³/mol. The molecule has 0 saturated carbocycles. The highest BCUT2D eigenvalue weighted by Gasteiger charge is 2.25. The van der Waals surface area contributed by atoms with Crippen LogP contribution in [0.4, 0.5) is 0 Å². The molecular formula is C21H26N6O3. The zero-order valence-electron chi connectivity index (χ0n) is 17.3. The van der Waals surface area contributed by atoms with E-state index in [-0.39, 0.29) is 11.9 Å². The van der Waals surface area contributed by atoms with Crippen molar-refractivity contribution in [3.05, 3.63) is 41.9 Å². The highest BCUT2D eigenvalue weighted by molar-refractivity contribution is 5.79. The van der Waals surface area contributed by atoms with E-state index in [0.717, 1.165) is 37.0 Å². The Labute approximate surface area is 175 Å². The fourth-order valence-corrected chi connectivity index (χ4v) is 3.68. The number of amides is 1. The number of nitrogens with zero attached hydrogens (tertiary/aromatic N) is 6. The van der Waals surface area contributed by atoms with E-state index in [1.807, 2.05) is 40.0 Å². The molecule has 0 N–H and O–H groups in total. The second-order valence-corrected chi connectivity index (χ2v) is 7.49. The summed E-state index contributed by atoms with van der Waals surface area (Å²) in [5.41, 5.74) is 1.55. The molecule has 9 heteroatoms. The van der Waals surface area contributed by atoms with E-state index in [2.05, 4.69) is 27.4 Å². The Kier molecular flexibility index (Phi) is 6.06. The molecule has 1 aliphatic heterocycles. The first kappa shape index (κ1) is 20.1. The van der Waals surface area contributed by atoms with Gasteiger partial charge in [-0.1, -0.05) is 29.4 Å². The van der Waals surface area contributed by atoms with Crippen LogP contribution in [0.2, 0.25) is 0 Å². The molecule has 1 saturated heterocycles. The zero-order chi connectivity index (χ0) is 20.9. The number of benzene rings is 1. The Hall–Kier alpha value is -3.23. The standard InChI is InChI=1S/C21H26N6O3/c1-3-5-19-22-21(30-24-19)18-14-27(25-23-18)16-8-10-26(11-9-16)20(28)13-15-6-4-7-17(12-15)29-2/h4,6-7,12,14,16H,3,5,8-11,13H2,1-2H3. The quantitative estimate of drug-likeness (QED) is 0.590. The molecule has 1 aliphatic rings. The lowest BCUT2D eigenvalue weighted by Crippen LogP contribution is -2.40. The lowest BCUT2D eigenvalue weighted by atomic mass is 10.0. The highest BCUT2D eigenvalue weighted by atomic mass is 16.5. The molecule has 1 amide bonds. The van der Waals surface area contributed by atoms with Crippen LogP contribution in [0.1, 0.15) is 43.6 Å². The Balaban J connectivity index is 1.33. The SMILES string of the molecule is CCCc1noc(-c2cn(C3CCN(C(=O)Cc4cccc(OC)c4)CC3)nn2)n1. The van der Waals surface area contributed by atoms with E-state index in [0.29, 0.717) is 36.9 Å². The molecule has 0 atom stereocenters. The molecule has 0 bridgehead atoms. The van der Waals surface area contributed by atoms with Crippen LogP contribution in [-0.2, 0) is 17.6 Å². The summed E-state index contributed by atoms with van der Waals surface area (Å²) in [6, 6.07) is 7.85. The molecule has 9 nitrogen and oxygen atoms in total. The summed E-state index contributed by atoms with van der Waals surface area (Å²) in [5.74, 6) is 1.99. The minimum absolute atomic E-state index is 0.135. The molecule has 1 aromatic carbocycles. The number of ether oxygens (including phenoxy) is 1. The lowest BCUT2D eigenvalue weighted by Gasteiger charge is -2.32. The number of aryl methyl sites for hydroxylation is 1. The first-order valence-corrected chi connectivity index (χ1v) is 10.3. The minimum Gasteiger partial charge on any atom is -0.497 e. The van der Waals surface area contributed by atoms with Crippen LogP contribution in [0.3, 0.4) is 0 Å². The van der Waals surface area contributed by atoms with Crippen LogP contribution in [0, 0.1) is 0 Å². The van der Waals surface area contributed by atoms with E-state index < -0.39 is 0 Å². The third-order valence-electron chi connectivity index (χ3n) is 5.35. The van der Waals surface area contributed by atoms with Crippen LogP contribution < -0.4 is 4.74 Å². The molecule has 3 aromatic rings. The van der Waals surface area contributed by atoms with Gasteiger partial charge in [0.05, 0.1) is 25.8 Å². The van der Waals surface area contributed by atoms with Crippen molar-refractivity contribution in [2.24, 2.45) is 0 Å². The maximum atomic E-state index is 12.7. The van der Waals surface area contributed by atoms with Crippen LogP contribution in [-0.4, -0.2) is 56.1 Å². The highest BCUT2D eigenvalue weighted by Crippen LogP contribution is 2.24. The number of hydrogen-bond acceptors (Lipinski definition) is 7. The lowest BCUT2D eigenvalue weighted by molar-refractivity contribution is -0.131. The monoisotopic (exact) mass is 410 g/mol. The van der Waals surface area contributed by atoms with Gasteiger partial charge in [-0.3, -0.25) is 4.79 Å². The van der Waals surface area contributed by atoms with Crippen molar-refractivity contribution in [3.63, 3.8) is 0 Å². The summed E-state index contributed by atoms with van der Waals surface area (Å²) in [4.78, 5) is 19.0. The Bertz CT molecular complexity index is 990. The van der Waals surface area contributed by atoms with Crippen molar-refractivity contribution in [2.75, 3.05) is 20.2 Å². The zero-order valence-corrected chi connectivity index (χ0v) is 17.3. The summed E-state index contributed by atoms with van der Waals surface area (Å²) < 4.78 is 12.4. The number of rotatable bonds is 7. The van der Waals surface area contributed by atoms with Gasteiger partial charge in [-0.2, -0.15) is 4.98 Å². The number of methoxy groups -OCH3 is 1. The second kappa shape index (κ2) is 9.06. The Morgan fingerprint density at radius 2 is 2.13 bits per heavy atom. The number of aromatic nitrogens is 5. The van der Waals surface area contributed by atoms with E-state index in [4.69, 9.17) is 9.26 Å². The number of carbonyl (C=O) groups is 1. The predicted octanol–water partition coefficient (Wildman–Crippen LogP) is 2.70. The number of hydrogen-bond donors (Lipinski definition) is 0. The first-order valence-electron chi connectivity index (χ1n) is 10.3. The van der Waals surface area contributed by atoms with Crippen molar-refractivity contribution < 1.29 is 14.1 Å². The molecule has 30 heavy (non-hydrogen) atoms. The van der Waals surface area contributed by atoms with E-state index >= 15 is 0 Å². The van der Waals surface area contributed by atoms with Gasteiger partial charge in [-0.25, -0.2) is 4.68 Å². The molecule has 1 fully saturated rings. The van der Waals surface area contributed by atoms with Crippen LogP contribution in [0.25, 0.3) is 11.6 Å². The fraction of sp³-hybridized carbons (Fsp3) is 0.476. The Morgan fingerprint density at radius 1 is 1.30 bits per heavy atom. The maximum Gasteiger partial charge on any atom is 0.280 e. The third kappa shape index (κ3) is 4.50. The van der Waals surface area contributed by atoms with Crippen molar-refractivity contribution in [1.29, 1.82) is 0 Å². The average Bonchev–Trinajstić information content (AvgIpc) is 3.44. The van der Waals surface area contributed by atoms with E-state index in [1.165, 1.54) is 0 Å².